The minimum atomic E-state index is -0.188. The molecule has 0 saturated heterocycles. The minimum Gasteiger partial charge on any atom is -0.497 e. The van der Waals surface area contributed by atoms with Gasteiger partial charge in [-0.25, -0.2) is 4.79 Å². The first kappa shape index (κ1) is 18.6. The number of hydrogen-bond acceptors (Lipinski definition) is 3. The quantitative estimate of drug-likeness (QED) is 0.724. The van der Waals surface area contributed by atoms with Gasteiger partial charge in [-0.3, -0.25) is 0 Å². The fourth-order valence-electron chi connectivity index (χ4n) is 2.35. The summed E-state index contributed by atoms with van der Waals surface area (Å²) in [7, 11) is 1.64. The van der Waals surface area contributed by atoms with Crippen LogP contribution in [0.3, 0.4) is 0 Å². The normalized spacial score (nSPS) is 10.2. The second kappa shape index (κ2) is 9.57. The topological polar surface area (TPSA) is 59.6 Å². The number of benzene rings is 2. The fraction of sp³-hybridized carbons (Fsp3) is 0.350. The van der Waals surface area contributed by atoms with Crippen LogP contribution in [-0.4, -0.2) is 32.8 Å². The van der Waals surface area contributed by atoms with Gasteiger partial charge in [-0.05, 0) is 61.2 Å². The van der Waals surface area contributed by atoms with Crippen LogP contribution in [0.15, 0.2) is 42.5 Å². The van der Waals surface area contributed by atoms with E-state index in [2.05, 4.69) is 24.5 Å². The molecule has 0 spiro atoms. The standard InChI is InChI=1S/C20H26N2O3/c1-15-7-8-19(13-16(15)2)25-12-11-22-20(23)21-10-9-17-5-4-6-18(14-17)24-3/h4-8,13-14H,9-12H2,1-3H3,(H2,21,22,23). The summed E-state index contributed by atoms with van der Waals surface area (Å²) >= 11 is 0. The summed E-state index contributed by atoms with van der Waals surface area (Å²) in [4.78, 5) is 11.8. The van der Waals surface area contributed by atoms with E-state index >= 15 is 0 Å². The second-order valence-electron chi connectivity index (χ2n) is 5.88. The minimum absolute atomic E-state index is 0.188. The zero-order chi connectivity index (χ0) is 18.1. The smallest absolute Gasteiger partial charge is 0.314 e. The highest BCUT2D eigenvalue weighted by atomic mass is 16.5. The van der Waals surface area contributed by atoms with Crippen LogP contribution in [0, 0.1) is 13.8 Å². The number of aryl methyl sites for hydroxylation is 2. The summed E-state index contributed by atoms with van der Waals surface area (Å²) in [6, 6.07) is 13.6. The first-order valence-corrected chi connectivity index (χ1v) is 8.43. The van der Waals surface area contributed by atoms with Crippen LogP contribution >= 0.6 is 0 Å². The molecule has 0 heterocycles. The predicted molar refractivity (Wildman–Crippen MR) is 99.5 cm³/mol. The van der Waals surface area contributed by atoms with Gasteiger partial charge in [0.2, 0.25) is 0 Å². The molecular weight excluding hydrogens is 316 g/mol. The van der Waals surface area contributed by atoms with E-state index in [0.717, 1.165) is 23.5 Å². The molecule has 0 bridgehead atoms. The lowest BCUT2D eigenvalue weighted by atomic mass is 10.1. The van der Waals surface area contributed by atoms with Gasteiger partial charge in [0.25, 0.3) is 0 Å². The maximum absolute atomic E-state index is 11.8. The lowest BCUT2D eigenvalue weighted by Gasteiger charge is -2.10. The van der Waals surface area contributed by atoms with Crippen LogP contribution in [-0.2, 0) is 6.42 Å². The molecule has 5 heteroatoms. The Morgan fingerprint density at radius 1 is 0.960 bits per heavy atom. The van der Waals surface area contributed by atoms with Crippen LogP contribution < -0.4 is 20.1 Å². The molecule has 0 aromatic heterocycles. The van der Waals surface area contributed by atoms with Gasteiger partial charge in [-0.1, -0.05) is 18.2 Å². The van der Waals surface area contributed by atoms with Gasteiger partial charge < -0.3 is 20.1 Å². The highest BCUT2D eigenvalue weighted by Crippen LogP contribution is 2.16. The van der Waals surface area contributed by atoms with Gasteiger partial charge in [-0.15, -0.1) is 0 Å². The molecule has 0 aliphatic heterocycles. The summed E-state index contributed by atoms with van der Waals surface area (Å²) in [5, 5.41) is 5.63. The van der Waals surface area contributed by atoms with Crippen molar-refractivity contribution in [1.82, 2.24) is 10.6 Å². The molecule has 25 heavy (non-hydrogen) atoms. The first-order valence-electron chi connectivity index (χ1n) is 8.43. The van der Waals surface area contributed by atoms with Crippen molar-refractivity contribution in [2.45, 2.75) is 20.3 Å². The van der Waals surface area contributed by atoms with Crippen LogP contribution in [0.25, 0.3) is 0 Å². The molecular formula is C20H26N2O3. The Balaban J connectivity index is 1.61. The number of carbonyl (C=O) groups excluding carboxylic acids is 1. The number of urea groups is 1. The first-order chi connectivity index (χ1) is 12.1. The third-order valence-corrected chi connectivity index (χ3v) is 3.97. The molecule has 0 radical (unpaired) electrons. The molecule has 2 N–H and O–H groups in total. The lowest BCUT2D eigenvalue weighted by Crippen LogP contribution is -2.38. The number of carbonyl (C=O) groups is 1. The van der Waals surface area contributed by atoms with E-state index in [9.17, 15) is 4.79 Å². The molecule has 0 aliphatic carbocycles. The lowest BCUT2D eigenvalue weighted by molar-refractivity contribution is 0.236. The molecule has 2 aromatic carbocycles. The molecule has 0 fully saturated rings. The van der Waals surface area contributed by atoms with Gasteiger partial charge in [0, 0.05) is 6.54 Å². The monoisotopic (exact) mass is 342 g/mol. The summed E-state index contributed by atoms with van der Waals surface area (Å²) in [5.74, 6) is 1.65. The Morgan fingerprint density at radius 2 is 1.76 bits per heavy atom. The van der Waals surface area contributed by atoms with Crippen molar-refractivity contribution < 1.29 is 14.3 Å². The van der Waals surface area contributed by atoms with E-state index in [0.29, 0.717) is 19.7 Å². The van der Waals surface area contributed by atoms with E-state index in [1.54, 1.807) is 7.11 Å². The molecule has 0 aliphatic rings. The second-order valence-corrected chi connectivity index (χ2v) is 5.88. The number of amides is 2. The zero-order valence-corrected chi connectivity index (χ0v) is 15.1. The number of nitrogens with one attached hydrogen (secondary N) is 2. The molecule has 2 amide bonds. The van der Waals surface area contributed by atoms with Crippen LogP contribution in [0.5, 0.6) is 11.5 Å². The molecule has 5 nitrogen and oxygen atoms in total. The SMILES string of the molecule is COc1cccc(CCNC(=O)NCCOc2ccc(C)c(C)c2)c1. The number of ether oxygens (including phenoxy) is 2. The predicted octanol–water partition coefficient (Wildman–Crippen LogP) is 3.23. The van der Waals surface area contributed by atoms with Crippen LogP contribution in [0.1, 0.15) is 16.7 Å². The van der Waals surface area contributed by atoms with E-state index in [-0.39, 0.29) is 6.03 Å². The van der Waals surface area contributed by atoms with Crippen molar-refractivity contribution in [2.75, 3.05) is 26.8 Å². The maximum Gasteiger partial charge on any atom is 0.314 e. The Morgan fingerprint density at radius 3 is 2.52 bits per heavy atom. The average Bonchev–Trinajstić information content (AvgIpc) is 2.62. The molecule has 0 saturated carbocycles. The largest absolute Gasteiger partial charge is 0.497 e. The molecule has 2 rings (SSSR count). The Bertz CT molecular complexity index is 701. The van der Waals surface area contributed by atoms with Crippen molar-refractivity contribution in [2.24, 2.45) is 0 Å². The van der Waals surface area contributed by atoms with Crippen molar-refractivity contribution >= 4 is 6.03 Å². The summed E-state index contributed by atoms with van der Waals surface area (Å²) in [6.45, 7) is 5.58. The Hall–Kier alpha value is -2.69. The van der Waals surface area contributed by atoms with E-state index < -0.39 is 0 Å². The zero-order valence-electron chi connectivity index (χ0n) is 15.1. The third kappa shape index (κ3) is 6.37. The van der Waals surface area contributed by atoms with Gasteiger partial charge in [-0.2, -0.15) is 0 Å². The number of hydrogen-bond donors (Lipinski definition) is 2. The highest BCUT2D eigenvalue weighted by molar-refractivity contribution is 5.73. The molecule has 0 unspecified atom stereocenters. The maximum atomic E-state index is 11.8. The van der Waals surface area contributed by atoms with E-state index in [1.165, 1.54) is 11.1 Å². The van der Waals surface area contributed by atoms with Gasteiger partial charge in [0.05, 0.1) is 13.7 Å². The van der Waals surface area contributed by atoms with Gasteiger partial charge in [0.1, 0.15) is 18.1 Å². The molecule has 2 aromatic rings. The third-order valence-electron chi connectivity index (χ3n) is 3.97. The van der Waals surface area contributed by atoms with Gasteiger partial charge >= 0.3 is 6.03 Å². The Kier molecular flexibility index (Phi) is 7.14. The van der Waals surface area contributed by atoms with Crippen molar-refractivity contribution in [3.63, 3.8) is 0 Å². The molecule has 134 valence electrons. The number of methoxy groups -OCH3 is 1. The molecule has 0 atom stereocenters. The highest BCUT2D eigenvalue weighted by Gasteiger charge is 2.02. The summed E-state index contributed by atoms with van der Waals surface area (Å²) in [6.07, 6.45) is 0.754. The fourth-order valence-corrected chi connectivity index (χ4v) is 2.35. The van der Waals surface area contributed by atoms with Crippen molar-refractivity contribution in [3.8, 4) is 11.5 Å². The van der Waals surface area contributed by atoms with Crippen LogP contribution in [0.2, 0.25) is 0 Å². The van der Waals surface area contributed by atoms with Crippen LogP contribution in [0.4, 0.5) is 4.79 Å². The number of rotatable bonds is 8. The Labute approximate surface area is 149 Å². The van der Waals surface area contributed by atoms with E-state index in [1.807, 2.05) is 42.5 Å². The van der Waals surface area contributed by atoms with Crippen molar-refractivity contribution in [3.05, 3.63) is 59.2 Å². The van der Waals surface area contributed by atoms with Gasteiger partial charge in [0.15, 0.2) is 0 Å². The van der Waals surface area contributed by atoms with E-state index in [4.69, 9.17) is 9.47 Å². The van der Waals surface area contributed by atoms with Crippen molar-refractivity contribution in [1.29, 1.82) is 0 Å². The summed E-state index contributed by atoms with van der Waals surface area (Å²) < 4.78 is 10.8. The average molecular weight is 342 g/mol. The summed E-state index contributed by atoms with van der Waals surface area (Å²) in [5.41, 5.74) is 3.55.